The molecule has 0 saturated carbocycles. The number of anilines is 1. The fourth-order valence-electron chi connectivity index (χ4n) is 2.76. The van der Waals surface area contributed by atoms with E-state index in [9.17, 15) is 4.79 Å². The molecule has 1 amide bonds. The van der Waals surface area contributed by atoms with E-state index in [1.165, 1.54) is 5.56 Å². The number of aryl methyl sites for hydroxylation is 1. The monoisotopic (exact) mass is 377 g/mol. The van der Waals surface area contributed by atoms with Crippen LogP contribution >= 0.6 is 22.6 Å². The average molecular weight is 377 g/mol. The van der Waals surface area contributed by atoms with E-state index >= 15 is 0 Å². The van der Waals surface area contributed by atoms with Crippen molar-refractivity contribution >= 4 is 34.2 Å². The van der Waals surface area contributed by atoms with Gasteiger partial charge in [0, 0.05) is 20.9 Å². The van der Waals surface area contributed by atoms with Gasteiger partial charge in [-0.05, 0) is 72.2 Å². The third-order valence-corrected chi connectivity index (χ3v) is 4.48. The highest BCUT2D eigenvalue weighted by Crippen LogP contribution is 2.31. The van der Waals surface area contributed by atoms with Gasteiger partial charge in [0.2, 0.25) is 0 Å². The summed E-state index contributed by atoms with van der Waals surface area (Å²) in [7, 11) is 0. The Hall–Kier alpha value is -1.36. The first-order valence-corrected chi connectivity index (χ1v) is 7.92. The summed E-state index contributed by atoms with van der Waals surface area (Å²) >= 11 is 2.24. The molecule has 2 aromatic rings. The maximum absolute atomic E-state index is 12.8. The minimum Gasteiger partial charge on any atom is -0.305 e. The van der Waals surface area contributed by atoms with Gasteiger partial charge in [-0.2, -0.15) is 0 Å². The largest absolute Gasteiger partial charge is 0.305 e. The van der Waals surface area contributed by atoms with Crippen molar-refractivity contribution in [3.63, 3.8) is 0 Å². The van der Waals surface area contributed by atoms with E-state index in [1.54, 1.807) is 0 Å². The molecule has 2 aromatic carbocycles. The van der Waals surface area contributed by atoms with Gasteiger partial charge in [0.25, 0.3) is 5.91 Å². The van der Waals surface area contributed by atoms with Gasteiger partial charge in [0.1, 0.15) is 0 Å². The molecule has 0 bridgehead atoms. The van der Waals surface area contributed by atoms with Crippen molar-refractivity contribution in [1.29, 1.82) is 0 Å². The van der Waals surface area contributed by atoms with Gasteiger partial charge in [-0.25, -0.2) is 0 Å². The van der Waals surface area contributed by atoms with Crippen LogP contribution in [-0.2, 0) is 6.42 Å². The van der Waals surface area contributed by atoms with Crippen LogP contribution in [0.15, 0.2) is 48.5 Å². The quantitative estimate of drug-likeness (QED) is 0.680. The lowest BCUT2D eigenvalue weighted by atomic mass is 9.96. The van der Waals surface area contributed by atoms with Crippen molar-refractivity contribution in [2.75, 3.05) is 4.90 Å². The predicted molar refractivity (Wildman–Crippen MR) is 90.2 cm³/mol. The number of nitrogens with zero attached hydrogens (tertiary/aromatic N) is 1. The van der Waals surface area contributed by atoms with Gasteiger partial charge in [-0.3, -0.25) is 4.79 Å². The molecule has 3 heteroatoms. The van der Waals surface area contributed by atoms with E-state index in [4.69, 9.17) is 0 Å². The number of hydrogen-bond acceptors (Lipinski definition) is 1. The van der Waals surface area contributed by atoms with Crippen LogP contribution in [0.4, 0.5) is 5.69 Å². The highest BCUT2D eigenvalue weighted by atomic mass is 127. The minimum absolute atomic E-state index is 0.100. The molecular weight excluding hydrogens is 361 g/mol. The predicted octanol–water partition coefficient (Wildman–Crippen LogP) is 4.27. The Kier molecular flexibility index (Phi) is 3.78. The van der Waals surface area contributed by atoms with E-state index < -0.39 is 0 Å². The molecule has 3 rings (SSSR count). The number of rotatable bonds is 1. The molecule has 0 fully saturated rings. The topological polar surface area (TPSA) is 20.3 Å². The molecule has 0 spiro atoms. The van der Waals surface area contributed by atoms with Crippen LogP contribution in [0.3, 0.4) is 0 Å². The van der Waals surface area contributed by atoms with Crippen LogP contribution in [0.1, 0.15) is 29.3 Å². The Bertz CT molecular complexity index is 653. The van der Waals surface area contributed by atoms with E-state index in [2.05, 4.69) is 41.6 Å². The van der Waals surface area contributed by atoms with Crippen LogP contribution < -0.4 is 4.90 Å². The fourth-order valence-corrected chi connectivity index (χ4v) is 3.30. The molecule has 0 aromatic heterocycles. The second kappa shape index (κ2) is 5.56. The average Bonchev–Trinajstić information content (AvgIpc) is 2.46. The number of para-hydroxylation sites is 1. The summed E-state index contributed by atoms with van der Waals surface area (Å²) in [6.07, 6.45) is 2.07. The first-order valence-electron chi connectivity index (χ1n) is 6.84. The summed E-state index contributed by atoms with van der Waals surface area (Å²) in [4.78, 5) is 14.8. The summed E-state index contributed by atoms with van der Waals surface area (Å²) in [5.41, 5.74) is 3.10. The first-order chi connectivity index (χ1) is 9.66. The Balaban J connectivity index is 2.03. The molecule has 0 aliphatic carbocycles. The zero-order valence-corrected chi connectivity index (χ0v) is 13.5. The molecule has 1 unspecified atom stereocenters. The highest BCUT2D eigenvalue weighted by Gasteiger charge is 2.28. The molecule has 1 aliphatic rings. The molecule has 20 heavy (non-hydrogen) atoms. The molecule has 1 atom stereocenters. The van der Waals surface area contributed by atoms with Crippen molar-refractivity contribution < 1.29 is 4.79 Å². The Morgan fingerprint density at radius 2 is 2.00 bits per heavy atom. The molecule has 102 valence electrons. The number of fused-ring (bicyclic) bond motifs is 1. The van der Waals surface area contributed by atoms with Gasteiger partial charge < -0.3 is 4.90 Å². The summed E-state index contributed by atoms with van der Waals surface area (Å²) in [5.74, 6) is 0.100. The van der Waals surface area contributed by atoms with Gasteiger partial charge in [-0.1, -0.05) is 24.3 Å². The SMILES string of the molecule is CC1CCc2ccccc2N1C(=O)c1cccc(I)c1. The van der Waals surface area contributed by atoms with Crippen molar-refractivity contribution in [2.24, 2.45) is 0 Å². The molecule has 0 saturated heterocycles. The molecule has 1 heterocycles. The summed E-state index contributed by atoms with van der Waals surface area (Å²) < 4.78 is 1.09. The van der Waals surface area contributed by atoms with Crippen LogP contribution in [-0.4, -0.2) is 11.9 Å². The van der Waals surface area contributed by atoms with Gasteiger partial charge >= 0.3 is 0 Å². The standard InChI is InChI=1S/C17H16INO/c1-12-9-10-13-5-2-3-8-16(13)19(12)17(20)14-6-4-7-15(18)11-14/h2-8,11-12H,9-10H2,1H3. The summed E-state index contributed by atoms with van der Waals surface area (Å²) in [6.45, 7) is 2.13. The highest BCUT2D eigenvalue weighted by molar-refractivity contribution is 14.1. The molecule has 0 N–H and O–H groups in total. The molecule has 1 aliphatic heterocycles. The van der Waals surface area contributed by atoms with Crippen molar-refractivity contribution in [2.45, 2.75) is 25.8 Å². The molecule has 2 nitrogen and oxygen atoms in total. The van der Waals surface area contributed by atoms with E-state index in [0.717, 1.165) is 27.7 Å². The molecule has 0 radical (unpaired) electrons. The minimum atomic E-state index is 0.100. The van der Waals surface area contributed by atoms with E-state index in [-0.39, 0.29) is 11.9 Å². The van der Waals surface area contributed by atoms with Crippen molar-refractivity contribution in [3.8, 4) is 0 Å². The maximum Gasteiger partial charge on any atom is 0.258 e. The number of carbonyl (C=O) groups excluding carboxylic acids is 1. The van der Waals surface area contributed by atoms with Crippen molar-refractivity contribution in [1.82, 2.24) is 0 Å². The zero-order chi connectivity index (χ0) is 14.1. The first kappa shape index (κ1) is 13.6. The summed E-state index contributed by atoms with van der Waals surface area (Å²) in [6, 6.07) is 16.3. The third-order valence-electron chi connectivity index (χ3n) is 3.81. The van der Waals surface area contributed by atoms with Gasteiger partial charge in [0.05, 0.1) is 0 Å². The lowest BCUT2D eigenvalue weighted by Crippen LogP contribution is -2.42. The van der Waals surface area contributed by atoms with E-state index in [0.29, 0.717) is 0 Å². The summed E-state index contributed by atoms with van der Waals surface area (Å²) in [5, 5.41) is 0. The van der Waals surface area contributed by atoms with Crippen molar-refractivity contribution in [3.05, 3.63) is 63.2 Å². The number of halogens is 1. The molecular formula is C17H16INO. The number of amides is 1. The third kappa shape index (κ3) is 2.46. The normalized spacial score (nSPS) is 17.7. The number of hydrogen-bond donors (Lipinski definition) is 0. The van der Waals surface area contributed by atoms with Crippen LogP contribution in [0, 0.1) is 3.57 Å². The Morgan fingerprint density at radius 3 is 2.80 bits per heavy atom. The number of carbonyl (C=O) groups is 1. The number of benzene rings is 2. The van der Waals surface area contributed by atoms with E-state index in [1.807, 2.05) is 41.3 Å². The second-order valence-electron chi connectivity index (χ2n) is 5.20. The van der Waals surface area contributed by atoms with Crippen LogP contribution in [0.25, 0.3) is 0 Å². The zero-order valence-electron chi connectivity index (χ0n) is 11.3. The van der Waals surface area contributed by atoms with Gasteiger partial charge in [-0.15, -0.1) is 0 Å². The lowest BCUT2D eigenvalue weighted by molar-refractivity contribution is 0.0975. The van der Waals surface area contributed by atoms with Gasteiger partial charge in [0.15, 0.2) is 0 Å². The Morgan fingerprint density at radius 1 is 1.20 bits per heavy atom. The maximum atomic E-state index is 12.8. The van der Waals surface area contributed by atoms with Crippen LogP contribution in [0.5, 0.6) is 0 Å². The lowest BCUT2D eigenvalue weighted by Gasteiger charge is -2.35. The fraction of sp³-hybridized carbons (Fsp3) is 0.235. The second-order valence-corrected chi connectivity index (χ2v) is 6.45. The van der Waals surface area contributed by atoms with Crippen LogP contribution in [0.2, 0.25) is 0 Å². The smallest absolute Gasteiger partial charge is 0.258 e. The Labute approximate surface area is 132 Å².